The minimum absolute atomic E-state index is 0.0443. The van der Waals surface area contributed by atoms with Gasteiger partial charge in [0.05, 0.1) is 26.2 Å². The van der Waals surface area contributed by atoms with E-state index in [-0.39, 0.29) is 11.7 Å². The summed E-state index contributed by atoms with van der Waals surface area (Å²) < 4.78 is 17.1. The molecule has 1 aromatic rings. The van der Waals surface area contributed by atoms with Crippen molar-refractivity contribution in [3.05, 3.63) is 17.7 Å². The fourth-order valence-corrected chi connectivity index (χ4v) is 3.73. The third kappa shape index (κ3) is 3.13. The van der Waals surface area contributed by atoms with Crippen molar-refractivity contribution in [1.82, 2.24) is 4.90 Å². The Labute approximate surface area is 154 Å². The molecule has 1 saturated heterocycles. The van der Waals surface area contributed by atoms with Gasteiger partial charge in [-0.2, -0.15) is 0 Å². The molecule has 0 aliphatic carbocycles. The lowest BCUT2D eigenvalue weighted by molar-refractivity contribution is -0.143. The average molecular weight is 361 g/mol. The highest BCUT2D eigenvalue weighted by Crippen LogP contribution is 2.47. The molecule has 142 valence electrons. The summed E-state index contributed by atoms with van der Waals surface area (Å²) in [5.74, 6) is 1.62. The highest BCUT2D eigenvalue weighted by Gasteiger charge is 2.45. The normalized spacial score (nSPS) is 19.0. The van der Waals surface area contributed by atoms with E-state index in [0.29, 0.717) is 55.2 Å². The van der Waals surface area contributed by atoms with Crippen LogP contribution < -0.4 is 14.2 Å². The van der Waals surface area contributed by atoms with Crippen molar-refractivity contribution in [2.45, 2.75) is 45.6 Å². The number of benzene rings is 1. The van der Waals surface area contributed by atoms with Gasteiger partial charge in [-0.25, -0.2) is 0 Å². The topological polar surface area (TPSA) is 65.1 Å². The summed E-state index contributed by atoms with van der Waals surface area (Å²) in [7, 11) is 3.10. The SMILES string of the molecule is COc1ccc2c(c1OC)OC1(CCN(C(=O)C(C)(C)C)CC1)CC2=O. The fraction of sp³-hybridized carbons (Fsp3) is 0.600. The van der Waals surface area contributed by atoms with Gasteiger partial charge in [0.15, 0.2) is 17.3 Å². The van der Waals surface area contributed by atoms with Crippen LogP contribution in [0.1, 0.15) is 50.4 Å². The number of nitrogens with zero attached hydrogens (tertiary/aromatic N) is 1. The van der Waals surface area contributed by atoms with Crippen molar-refractivity contribution in [2.75, 3.05) is 27.3 Å². The maximum atomic E-state index is 12.7. The van der Waals surface area contributed by atoms with Crippen molar-refractivity contribution in [3.8, 4) is 17.2 Å². The molecule has 0 atom stereocenters. The Morgan fingerprint density at radius 1 is 1.15 bits per heavy atom. The summed E-state index contributed by atoms with van der Waals surface area (Å²) in [6.07, 6.45) is 1.58. The molecule has 0 bridgehead atoms. The van der Waals surface area contributed by atoms with Crippen LogP contribution in [-0.4, -0.2) is 49.5 Å². The van der Waals surface area contributed by atoms with Crippen LogP contribution >= 0.6 is 0 Å². The second kappa shape index (κ2) is 6.49. The average Bonchev–Trinajstić information content (AvgIpc) is 2.60. The second-order valence-corrected chi connectivity index (χ2v) is 8.10. The van der Waals surface area contributed by atoms with Gasteiger partial charge >= 0.3 is 0 Å². The first-order valence-electron chi connectivity index (χ1n) is 8.97. The Kier molecular flexibility index (Phi) is 4.63. The fourth-order valence-electron chi connectivity index (χ4n) is 3.73. The number of hydrogen-bond acceptors (Lipinski definition) is 5. The van der Waals surface area contributed by atoms with Gasteiger partial charge in [-0.15, -0.1) is 0 Å². The maximum absolute atomic E-state index is 12.7. The van der Waals surface area contributed by atoms with Crippen molar-refractivity contribution < 1.29 is 23.8 Å². The van der Waals surface area contributed by atoms with Crippen molar-refractivity contribution >= 4 is 11.7 Å². The molecule has 0 aromatic heterocycles. The Hall–Kier alpha value is -2.24. The third-order valence-electron chi connectivity index (χ3n) is 5.21. The predicted octanol–water partition coefficient (Wildman–Crippen LogP) is 3.08. The molecule has 6 nitrogen and oxygen atoms in total. The number of amides is 1. The van der Waals surface area contributed by atoms with E-state index in [1.807, 2.05) is 25.7 Å². The Morgan fingerprint density at radius 2 is 1.81 bits per heavy atom. The Balaban J connectivity index is 1.85. The number of piperidine rings is 1. The van der Waals surface area contributed by atoms with Gasteiger partial charge < -0.3 is 19.1 Å². The molecule has 1 spiro atoms. The number of ether oxygens (including phenoxy) is 3. The molecule has 6 heteroatoms. The van der Waals surface area contributed by atoms with E-state index in [9.17, 15) is 9.59 Å². The first kappa shape index (κ1) is 18.5. The lowest BCUT2D eigenvalue weighted by atomic mass is 9.81. The van der Waals surface area contributed by atoms with Gasteiger partial charge in [-0.1, -0.05) is 20.8 Å². The van der Waals surface area contributed by atoms with Gasteiger partial charge in [-0.3, -0.25) is 9.59 Å². The van der Waals surface area contributed by atoms with Crippen molar-refractivity contribution in [2.24, 2.45) is 5.41 Å². The molecule has 2 aliphatic heterocycles. The molecule has 1 aromatic carbocycles. The second-order valence-electron chi connectivity index (χ2n) is 8.10. The van der Waals surface area contributed by atoms with Crippen LogP contribution in [0.15, 0.2) is 12.1 Å². The van der Waals surface area contributed by atoms with Gasteiger partial charge in [0, 0.05) is 31.3 Å². The van der Waals surface area contributed by atoms with Crippen LogP contribution in [0, 0.1) is 5.41 Å². The largest absolute Gasteiger partial charge is 0.493 e. The molecule has 0 saturated carbocycles. The summed E-state index contributed by atoms with van der Waals surface area (Å²) in [6.45, 7) is 6.95. The van der Waals surface area contributed by atoms with E-state index in [2.05, 4.69) is 0 Å². The quantitative estimate of drug-likeness (QED) is 0.810. The van der Waals surface area contributed by atoms with Gasteiger partial charge in [0.2, 0.25) is 11.7 Å². The first-order chi connectivity index (χ1) is 12.2. The van der Waals surface area contributed by atoms with E-state index in [4.69, 9.17) is 14.2 Å². The Bertz CT molecular complexity index is 726. The standard InChI is InChI=1S/C20H27NO5/c1-19(2,3)18(23)21-10-8-20(9-11-21)12-14(22)13-6-7-15(24-4)17(25-5)16(13)26-20/h6-7H,8-12H2,1-5H3. The zero-order valence-corrected chi connectivity index (χ0v) is 16.2. The van der Waals surface area contributed by atoms with Crippen LogP contribution in [-0.2, 0) is 4.79 Å². The minimum Gasteiger partial charge on any atom is -0.493 e. The summed E-state index contributed by atoms with van der Waals surface area (Å²) in [4.78, 5) is 27.1. The summed E-state index contributed by atoms with van der Waals surface area (Å²) >= 11 is 0. The molecule has 1 fully saturated rings. The van der Waals surface area contributed by atoms with E-state index in [1.165, 1.54) is 7.11 Å². The molecular weight excluding hydrogens is 334 g/mol. The molecule has 0 N–H and O–H groups in total. The highest BCUT2D eigenvalue weighted by atomic mass is 16.5. The number of likely N-dealkylation sites (tertiary alicyclic amines) is 1. The smallest absolute Gasteiger partial charge is 0.227 e. The molecule has 0 unspecified atom stereocenters. The number of ketones is 1. The highest BCUT2D eigenvalue weighted by molar-refractivity contribution is 6.01. The molecule has 26 heavy (non-hydrogen) atoms. The first-order valence-corrected chi connectivity index (χ1v) is 8.97. The molecule has 0 radical (unpaired) electrons. The number of rotatable bonds is 2. The minimum atomic E-state index is -0.585. The van der Waals surface area contributed by atoms with Gasteiger partial charge in [-0.05, 0) is 12.1 Å². The molecule has 1 amide bonds. The van der Waals surface area contributed by atoms with Crippen LogP contribution in [0.5, 0.6) is 17.2 Å². The lowest BCUT2D eigenvalue weighted by Crippen LogP contribution is -2.54. The van der Waals surface area contributed by atoms with Gasteiger partial charge in [0.1, 0.15) is 5.60 Å². The van der Waals surface area contributed by atoms with E-state index in [1.54, 1.807) is 19.2 Å². The van der Waals surface area contributed by atoms with Crippen molar-refractivity contribution in [3.63, 3.8) is 0 Å². The van der Waals surface area contributed by atoms with E-state index >= 15 is 0 Å². The number of Topliss-reactive ketones (excluding diaryl/α,β-unsaturated/α-hetero) is 1. The zero-order chi connectivity index (χ0) is 19.1. The lowest BCUT2D eigenvalue weighted by Gasteiger charge is -2.45. The molecular formula is C20H27NO5. The summed E-state index contributed by atoms with van der Waals surface area (Å²) in [6, 6.07) is 3.45. The predicted molar refractivity (Wildman–Crippen MR) is 97.1 cm³/mol. The van der Waals surface area contributed by atoms with Crippen molar-refractivity contribution in [1.29, 1.82) is 0 Å². The molecule has 2 aliphatic rings. The third-order valence-corrected chi connectivity index (χ3v) is 5.21. The number of hydrogen-bond donors (Lipinski definition) is 0. The number of methoxy groups -OCH3 is 2. The van der Waals surface area contributed by atoms with Crippen LogP contribution in [0.25, 0.3) is 0 Å². The molecule has 2 heterocycles. The van der Waals surface area contributed by atoms with Crippen LogP contribution in [0.2, 0.25) is 0 Å². The van der Waals surface area contributed by atoms with Gasteiger partial charge in [0.25, 0.3) is 0 Å². The number of carbonyl (C=O) groups excluding carboxylic acids is 2. The van der Waals surface area contributed by atoms with E-state index in [0.717, 1.165) is 0 Å². The van der Waals surface area contributed by atoms with Crippen LogP contribution in [0.3, 0.4) is 0 Å². The maximum Gasteiger partial charge on any atom is 0.227 e. The van der Waals surface area contributed by atoms with E-state index < -0.39 is 11.0 Å². The summed E-state index contributed by atoms with van der Waals surface area (Å²) in [5, 5.41) is 0. The summed E-state index contributed by atoms with van der Waals surface area (Å²) in [5.41, 5.74) is -0.462. The monoisotopic (exact) mass is 361 g/mol. The Morgan fingerprint density at radius 3 is 2.35 bits per heavy atom. The molecule has 3 rings (SSSR count). The van der Waals surface area contributed by atoms with Crippen LogP contribution in [0.4, 0.5) is 0 Å². The number of fused-ring (bicyclic) bond motifs is 1. The number of carbonyl (C=O) groups is 2. The zero-order valence-electron chi connectivity index (χ0n) is 16.2.